The molecule has 0 saturated carbocycles. The Labute approximate surface area is 130 Å². The fraction of sp³-hybridized carbons (Fsp3) is 0. The number of rotatable bonds is 3. The van der Waals surface area contributed by atoms with Crippen LogP contribution in [0.4, 0.5) is 15.9 Å². The van der Waals surface area contributed by atoms with Crippen LogP contribution in [-0.4, -0.2) is 20.1 Å². The number of anilines is 2. The van der Waals surface area contributed by atoms with E-state index in [1.165, 1.54) is 18.2 Å². The summed E-state index contributed by atoms with van der Waals surface area (Å²) in [5.41, 5.74) is 0.865. The Hall–Kier alpha value is -2.73. The molecule has 5 nitrogen and oxygen atoms in total. The summed E-state index contributed by atoms with van der Waals surface area (Å²) in [5, 5.41) is 12.2. The summed E-state index contributed by atoms with van der Waals surface area (Å²) in [4.78, 5) is 12.4. The zero-order valence-corrected chi connectivity index (χ0v) is 11.9. The molecule has 0 bridgehead atoms. The summed E-state index contributed by atoms with van der Waals surface area (Å²) in [6.45, 7) is 0. The van der Waals surface area contributed by atoms with Gasteiger partial charge in [-0.15, -0.1) is 0 Å². The van der Waals surface area contributed by atoms with Crippen molar-refractivity contribution in [2.75, 3.05) is 5.32 Å². The van der Waals surface area contributed by atoms with Gasteiger partial charge < -0.3 is 10.4 Å². The highest BCUT2D eigenvalue weighted by Gasteiger charge is 2.09. The Kier molecular flexibility index (Phi) is 3.84. The molecule has 0 saturated heterocycles. The van der Waals surface area contributed by atoms with Gasteiger partial charge in [0.15, 0.2) is 5.82 Å². The molecule has 0 aliphatic rings. The lowest BCUT2D eigenvalue weighted by atomic mass is 10.2. The first-order chi connectivity index (χ1) is 10.6. The topological polar surface area (TPSA) is 70.9 Å². The Morgan fingerprint density at radius 3 is 2.73 bits per heavy atom. The van der Waals surface area contributed by atoms with Gasteiger partial charge in [0, 0.05) is 30.1 Å². The highest BCUT2D eigenvalue weighted by Crippen LogP contribution is 2.25. The molecule has 0 aliphatic heterocycles. The third kappa shape index (κ3) is 3.12. The van der Waals surface area contributed by atoms with E-state index in [9.17, 15) is 9.50 Å². The number of benzene rings is 1. The van der Waals surface area contributed by atoms with Crippen LogP contribution >= 0.6 is 11.6 Å². The first kappa shape index (κ1) is 14.2. The van der Waals surface area contributed by atoms with E-state index in [0.717, 1.165) is 6.07 Å². The predicted molar refractivity (Wildman–Crippen MR) is 81.6 cm³/mol. The third-order valence-corrected chi connectivity index (χ3v) is 3.02. The summed E-state index contributed by atoms with van der Waals surface area (Å²) in [5.74, 6) is -0.0387. The van der Waals surface area contributed by atoms with E-state index in [1.807, 2.05) is 0 Å². The standard InChI is InChI=1S/C15H10ClFN4O/c16-13-7-14(19-12-4-3-10(22)6-11(12)17)21-15(20-13)9-2-1-5-18-8-9/h1-8,22H,(H,19,20,21). The number of halogens is 2. The second-order valence-electron chi connectivity index (χ2n) is 4.43. The molecule has 0 unspecified atom stereocenters. The monoisotopic (exact) mass is 316 g/mol. The van der Waals surface area contributed by atoms with Crippen LogP contribution in [0.25, 0.3) is 11.4 Å². The van der Waals surface area contributed by atoms with E-state index < -0.39 is 5.82 Å². The molecule has 2 aromatic heterocycles. The van der Waals surface area contributed by atoms with Gasteiger partial charge >= 0.3 is 0 Å². The highest BCUT2D eigenvalue weighted by molar-refractivity contribution is 6.29. The molecule has 2 heterocycles. The lowest BCUT2D eigenvalue weighted by Gasteiger charge is -2.09. The number of nitrogens with zero attached hydrogens (tertiary/aromatic N) is 3. The molecule has 0 fully saturated rings. The Morgan fingerprint density at radius 2 is 2.00 bits per heavy atom. The van der Waals surface area contributed by atoms with Crippen LogP contribution in [0, 0.1) is 5.82 Å². The summed E-state index contributed by atoms with van der Waals surface area (Å²) in [6.07, 6.45) is 3.25. The van der Waals surface area contributed by atoms with Gasteiger partial charge in [-0.2, -0.15) is 0 Å². The Balaban J connectivity index is 1.96. The largest absolute Gasteiger partial charge is 0.508 e. The molecule has 0 aliphatic carbocycles. The number of aromatic hydroxyl groups is 1. The normalized spacial score (nSPS) is 10.5. The second-order valence-corrected chi connectivity index (χ2v) is 4.82. The molecule has 0 atom stereocenters. The summed E-state index contributed by atoms with van der Waals surface area (Å²) >= 11 is 5.99. The third-order valence-electron chi connectivity index (χ3n) is 2.83. The zero-order valence-electron chi connectivity index (χ0n) is 11.2. The second kappa shape index (κ2) is 5.95. The van der Waals surface area contributed by atoms with Gasteiger partial charge in [0.1, 0.15) is 22.5 Å². The van der Waals surface area contributed by atoms with Gasteiger partial charge in [-0.1, -0.05) is 11.6 Å². The minimum Gasteiger partial charge on any atom is -0.508 e. The number of phenols is 1. The maximum atomic E-state index is 13.8. The molecule has 2 N–H and O–H groups in total. The molecule has 7 heteroatoms. The molecular formula is C15H10ClFN4O. The fourth-order valence-corrected chi connectivity index (χ4v) is 2.03. The maximum Gasteiger partial charge on any atom is 0.164 e. The van der Waals surface area contributed by atoms with E-state index in [0.29, 0.717) is 17.2 Å². The highest BCUT2D eigenvalue weighted by atomic mass is 35.5. The molecular weight excluding hydrogens is 307 g/mol. The van der Waals surface area contributed by atoms with Crippen LogP contribution in [0.5, 0.6) is 5.75 Å². The van der Waals surface area contributed by atoms with Crippen molar-refractivity contribution < 1.29 is 9.50 Å². The summed E-state index contributed by atoms with van der Waals surface area (Å²) in [7, 11) is 0. The molecule has 22 heavy (non-hydrogen) atoms. The molecule has 0 amide bonds. The van der Waals surface area contributed by atoms with Crippen molar-refractivity contribution in [1.82, 2.24) is 15.0 Å². The van der Waals surface area contributed by atoms with Gasteiger partial charge in [0.25, 0.3) is 0 Å². The van der Waals surface area contributed by atoms with Gasteiger partial charge in [-0.25, -0.2) is 14.4 Å². The lowest BCUT2D eigenvalue weighted by Crippen LogP contribution is -1.99. The van der Waals surface area contributed by atoms with Crippen molar-refractivity contribution in [2.45, 2.75) is 0 Å². The number of aromatic nitrogens is 3. The van der Waals surface area contributed by atoms with Gasteiger partial charge in [-0.05, 0) is 24.3 Å². The van der Waals surface area contributed by atoms with Crippen LogP contribution in [0.2, 0.25) is 5.15 Å². The summed E-state index contributed by atoms with van der Waals surface area (Å²) in [6, 6.07) is 8.82. The molecule has 1 aromatic carbocycles. The van der Waals surface area contributed by atoms with Crippen molar-refractivity contribution in [3.63, 3.8) is 0 Å². The Morgan fingerprint density at radius 1 is 1.14 bits per heavy atom. The fourth-order valence-electron chi connectivity index (χ4n) is 1.85. The van der Waals surface area contributed by atoms with E-state index in [-0.39, 0.29) is 16.6 Å². The molecule has 0 radical (unpaired) electrons. The van der Waals surface area contributed by atoms with E-state index in [2.05, 4.69) is 20.3 Å². The number of phenolic OH excluding ortho intramolecular Hbond substituents is 1. The smallest absolute Gasteiger partial charge is 0.164 e. The average Bonchev–Trinajstić information content (AvgIpc) is 2.50. The minimum absolute atomic E-state index is 0.153. The van der Waals surface area contributed by atoms with Crippen molar-refractivity contribution >= 4 is 23.1 Å². The quantitative estimate of drug-likeness (QED) is 0.568. The number of nitrogens with one attached hydrogen (secondary N) is 1. The average molecular weight is 317 g/mol. The first-order valence-electron chi connectivity index (χ1n) is 6.32. The van der Waals surface area contributed by atoms with Crippen molar-refractivity contribution in [3.05, 3.63) is 59.8 Å². The minimum atomic E-state index is -0.599. The molecule has 0 spiro atoms. The van der Waals surface area contributed by atoms with Crippen molar-refractivity contribution in [1.29, 1.82) is 0 Å². The number of hydrogen-bond donors (Lipinski definition) is 2. The van der Waals surface area contributed by atoms with E-state index in [4.69, 9.17) is 11.6 Å². The predicted octanol–water partition coefficient (Wildman–Crippen LogP) is 3.78. The van der Waals surface area contributed by atoms with E-state index in [1.54, 1.807) is 24.5 Å². The number of pyridine rings is 1. The molecule has 110 valence electrons. The SMILES string of the molecule is Oc1ccc(Nc2cc(Cl)nc(-c3cccnc3)n2)c(F)c1. The van der Waals surface area contributed by atoms with Gasteiger partial charge in [0.05, 0.1) is 5.69 Å². The van der Waals surface area contributed by atoms with Crippen LogP contribution in [0.3, 0.4) is 0 Å². The van der Waals surface area contributed by atoms with Crippen LogP contribution < -0.4 is 5.32 Å². The van der Waals surface area contributed by atoms with Gasteiger partial charge in [-0.3, -0.25) is 4.98 Å². The molecule has 3 rings (SSSR count). The van der Waals surface area contributed by atoms with Crippen LogP contribution in [0.15, 0.2) is 48.8 Å². The van der Waals surface area contributed by atoms with Crippen molar-refractivity contribution in [2.24, 2.45) is 0 Å². The van der Waals surface area contributed by atoms with E-state index >= 15 is 0 Å². The maximum absolute atomic E-state index is 13.8. The Bertz CT molecular complexity index is 814. The van der Waals surface area contributed by atoms with Crippen molar-refractivity contribution in [3.8, 4) is 17.1 Å². The van der Waals surface area contributed by atoms with Crippen LogP contribution in [-0.2, 0) is 0 Å². The molecule has 3 aromatic rings. The number of hydrogen-bond acceptors (Lipinski definition) is 5. The lowest BCUT2D eigenvalue weighted by molar-refractivity contribution is 0.469. The zero-order chi connectivity index (χ0) is 15.5. The van der Waals surface area contributed by atoms with Crippen LogP contribution in [0.1, 0.15) is 0 Å². The first-order valence-corrected chi connectivity index (χ1v) is 6.70. The van der Waals surface area contributed by atoms with Gasteiger partial charge in [0.2, 0.25) is 0 Å². The summed E-state index contributed by atoms with van der Waals surface area (Å²) < 4.78 is 13.8.